The minimum atomic E-state index is -0.618. The summed E-state index contributed by atoms with van der Waals surface area (Å²) < 4.78 is 4.96. The Labute approximate surface area is 156 Å². The highest BCUT2D eigenvalue weighted by Gasteiger charge is 2.11. The highest BCUT2D eigenvalue weighted by atomic mass is 35.5. The lowest BCUT2D eigenvalue weighted by atomic mass is 10.2. The van der Waals surface area contributed by atoms with Gasteiger partial charge in [0.25, 0.3) is 5.91 Å². The summed E-state index contributed by atoms with van der Waals surface area (Å²) in [6, 6.07) is 14.5. The number of esters is 1. The van der Waals surface area contributed by atoms with Crippen LogP contribution in [0.1, 0.15) is 11.1 Å². The number of ether oxygens (including phenoxy) is 1. The SMILES string of the molecule is CN(Cc1ccccc1)C(=O)COC(=O)/C=C/c1ccc(Cl)cc1Cl. The van der Waals surface area contributed by atoms with Gasteiger partial charge in [-0.15, -0.1) is 0 Å². The lowest BCUT2D eigenvalue weighted by molar-refractivity contribution is -0.147. The normalized spacial score (nSPS) is 10.7. The molecular formula is C19H17Cl2NO3. The number of halogens is 2. The smallest absolute Gasteiger partial charge is 0.331 e. The standard InChI is InChI=1S/C19H17Cl2NO3/c1-22(12-14-5-3-2-4-6-14)18(23)13-25-19(24)10-8-15-7-9-16(20)11-17(15)21/h2-11H,12-13H2,1H3/b10-8+. The van der Waals surface area contributed by atoms with Gasteiger partial charge in [0.05, 0.1) is 0 Å². The van der Waals surface area contributed by atoms with Crippen molar-refractivity contribution in [2.75, 3.05) is 13.7 Å². The maximum absolute atomic E-state index is 12.0. The quantitative estimate of drug-likeness (QED) is 0.559. The number of likely N-dealkylation sites (N-methyl/N-ethyl adjacent to an activating group) is 1. The maximum atomic E-state index is 12.0. The average molecular weight is 378 g/mol. The summed E-state index contributed by atoms with van der Waals surface area (Å²) in [6.07, 6.45) is 2.73. The van der Waals surface area contributed by atoms with Crippen molar-refractivity contribution in [3.05, 3.63) is 75.8 Å². The van der Waals surface area contributed by atoms with Gasteiger partial charge in [-0.2, -0.15) is 0 Å². The van der Waals surface area contributed by atoms with E-state index in [9.17, 15) is 9.59 Å². The fourth-order valence-electron chi connectivity index (χ4n) is 2.03. The number of carbonyl (C=O) groups is 2. The largest absolute Gasteiger partial charge is 0.452 e. The Balaban J connectivity index is 1.82. The zero-order chi connectivity index (χ0) is 18.2. The van der Waals surface area contributed by atoms with E-state index in [1.54, 1.807) is 25.2 Å². The lowest BCUT2D eigenvalue weighted by Crippen LogP contribution is -2.30. The minimum Gasteiger partial charge on any atom is -0.452 e. The molecule has 2 aromatic rings. The summed E-state index contributed by atoms with van der Waals surface area (Å²) >= 11 is 11.8. The molecular weight excluding hydrogens is 361 g/mol. The Morgan fingerprint density at radius 2 is 1.84 bits per heavy atom. The molecule has 130 valence electrons. The fourth-order valence-corrected chi connectivity index (χ4v) is 2.50. The monoisotopic (exact) mass is 377 g/mol. The van der Waals surface area contributed by atoms with Gasteiger partial charge in [0.1, 0.15) is 0 Å². The predicted octanol–water partition coefficient (Wildman–Crippen LogP) is 4.21. The minimum absolute atomic E-state index is 0.282. The van der Waals surface area contributed by atoms with Gasteiger partial charge in [0.15, 0.2) is 6.61 Å². The third kappa shape index (κ3) is 6.25. The Morgan fingerprint density at radius 3 is 2.52 bits per heavy atom. The van der Waals surface area contributed by atoms with E-state index in [0.717, 1.165) is 5.56 Å². The molecule has 0 fully saturated rings. The lowest BCUT2D eigenvalue weighted by Gasteiger charge is -2.16. The van der Waals surface area contributed by atoms with Gasteiger partial charge in [-0.25, -0.2) is 4.79 Å². The van der Waals surface area contributed by atoms with E-state index in [0.29, 0.717) is 22.2 Å². The van der Waals surface area contributed by atoms with Crippen molar-refractivity contribution in [2.45, 2.75) is 6.54 Å². The highest BCUT2D eigenvalue weighted by Crippen LogP contribution is 2.21. The molecule has 0 saturated heterocycles. The van der Waals surface area contributed by atoms with E-state index >= 15 is 0 Å². The number of benzene rings is 2. The zero-order valence-corrected chi connectivity index (χ0v) is 15.1. The first-order valence-corrected chi connectivity index (χ1v) is 8.29. The van der Waals surface area contributed by atoms with Crippen LogP contribution < -0.4 is 0 Å². The summed E-state index contributed by atoms with van der Waals surface area (Å²) in [5, 5.41) is 0.937. The molecule has 0 bridgehead atoms. The van der Waals surface area contributed by atoms with Crippen molar-refractivity contribution in [1.82, 2.24) is 4.90 Å². The second-order valence-electron chi connectivity index (χ2n) is 5.34. The van der Waals surface area contributed by atoms with Gasteiger partial charge in [-0.1, -0.05) is 59.6 Å². The number of nitrogens with zero attached hydrogens (tertiary/aromatic N) is 1. The summed E-state index contributed by atoms with van der Waals surface area (Å²) in [5.41, 5.74) is 1.64. The molecule has 0 atom stereocenters. The molecule has 0 N–H and O–H groups in total. The molecule has 0 aliphatic rings. The van der Waals surface area contributed by atoms with Crippen molar-refractivity contribution in [3.8, 4) is 0 Å². The van der Waals surface area contributed by atoms with E-state index < -0.39 is 5.97 Å². The van der Waals surface area contributed by atoms with Crippen LogP contribution in [0.15, 0.2) is 54.6 Å². The molecule has 0 aliphatic carbocycles. The molecule has 2 rings (SSSR count). The van der Waals surface area contributed by atoms with Crippen LogP contribution in [0.3, 0.4) is 0 Å². The first kappa shape index (κ1) is 19.0. The fraction of sp³-hybridized carbons (Fsp3) is 0.158. The van der Waals surface area contributed by atoms with Crippen molar-refractivity contribution < 1.29 is 14.3 Å². The van der Waals surface area contributed by atoms with Crippen LogP contribution in [0, 0.1) is 0 Å². The predicted molar refractivity (Wildman–Crippen MR) is 99.4 cm³/mol. The number of hydrogen-bond donors (Lipinski definition) is 0. The zero-order valence-electron chi connectivity index (χ0n) is 13.6. The maximum Gasteiger partial charge on any atom is 0.331 e. The third-order valence-electron chi connectivity index (χ3n) is 3.39. The highest BCUT2D eigenvalue weighted by molar-refractivity contribution is 6.35. The van der Waals surface area contributed by atoms with Crippen LogP contribution >= 0.6 is 23.2 Å². The van der Waals surface area contributed by atoms with Crippen molar-refractivity contribution in [1.29, 1.82) is 0 Å². The molecule has 0 heterocycles. The van der Waals surface area contributed by atoms with Crippen LogP contribution in [0.2, 0.25) is 10.0 Å². The molecule has 4 nitrogen and oxygen atoms in total. The second kappa shape index (κ2) is 9.25. The summed E-state index contributed by atoms with van der Waals surface area (Å²) in [7, 11) is 1.66. The molecule has 0 unspecified atom stereocenters. The molecule has 0 spiro atoms. The molecule has 0 aliphatic heterocycles. The molecule has 0 radical (unpaired) electrons. The summed E-state index contributed by atoms with van der Waals surface area (Å²) in [6.45, 7) is 0.133. The van der Waals surface area contributed by atoms with Crippen molar-refractivity contribution in [2.24, 2.45) is 0 Å². The van der Waals surface area contributed by atoms with E-state index in [2.05, 4.69) is 0 Å². The van der Waals surface area contributed by atoms with E-state index in [1.165, 1.54) is 17.1 Å². The van der Waals surface area contributed by atoms with Gasteiger partial charge in [-0.3, -0.25) is 4.79 Å². The molecule has 0 saturated carbocycles. The van der Waals surface area contributed by atoms with Crippen molar-refractivity contribution >= 4 is 41.2 Å². The van der Waals surface area contributed by atoms with E-state index in [4.69, 9.17) is 27.9 Å². The van der Waals surface area contributed by atoms with E-state index in [1.807, 2.05) is 30.3 Å². The van der Waals surface area contributed by atoms with Gasteiger partial charge >= 0.3 is 5.97 Å². The molecule has 1 amide bonds. The Morgan fingerprint density at radius 1 is 1.12 bits per heavy atom. The van der Waals surface area contributed by atoms with Gasteiger partial charge in [0, 0.05) is 29.7 Å². The van der Waals surface area contributed by atoms with Crippen LogP contribution in [0.4, 0.5) is 0 Å². The number of hydrogen-bond acceptors (Lipinski definition) is 3. The van der Waals surface area contributed by atoms with E-state index in [-0.39, 0.29) is 12.5 Å². The molecule has 6 heteroatoms. The topological polar surface area (TPSA) is 46.6 Å². The van der Waals surface area contributed by atoms with Crippen molar-refractivity contribution in [3.63, 3.8) is 0 Å². The van der Waals surface area contributed by atoms with Crippen LogP contribution in [0.25, 0.3) is 6.08 Å². The Kier molecular flexibility index (Phi) is 7.04. The molecule has 25 heavy (non-hydrogen) atoms. The number of rotatable bonds is 6. The van der Waals surface area contributed by atoms with Crippen LogP contribution in [-0.4, -0.2) is 30.4 Å². The number of carbonyl (C=O) groups excluding carboxylic acids is 2. The Bertz CT molecular complexity index is 775. The molecule has 0 aromatic heterocycles. The van der Waals surface area contributed by atoms with Crippen LogP contribution in [0.5, 0.6) is 0 Å². The Hall–Kier alpha value is -2.30. The average Bonchev–Trinajstić information content (AvgIpc) is 2.59. The van der Waals surface area contributed by atoms with Gasteiger partial charge in [0.2, 0.25) is 0 Å². The molecule has 2 aromatic carbocycles. The van der Waals surface area contributed by atoms with Crippen LogP contribution in [-0.2, 0) is 20.9 Å². The first-order chi connectivity index (χ1) is 12.0. The second-order valence-corrected chi connectivity index (χ2v) is 6.19. The first-order valence-electron chi connectivity index (χ1n) is 7.53. The number of amides is 1. The van der Waals surface area contributed by atoms with Gasteiger partial charge < -0.3 is 9.64 Å². The third-order valence-corrected chi connectivity index (χ3v) is 3.95. The summed E-state index contributed by atoms with van der Waals surface area (Å²) in [5.74, 6) is -0.900. The van der Waals surface area contributed by atoms with Gasteiger partial charge in [-0.05, 0) is 29.3 Å². The summed E-state index contributed by atoms with van der Waals surface area (Å²) in [4.78, 5) is 25.2.